The first-order valence-corrected chi connectivity index (χ1v) is 5.63. The molecule has 0 amide bonds. The van der Waals surface area contributed by atoms with Crippen LogP contribution in [0.1, 0.15) is 12.8 Å². The molecule has 0 N–H and O–H groups in total. The van der Waals surface area contributed by atoms with E-state index >= 15 is 0 Å². The highest BCUT2D eigenvalue weighted by Crippen LogP contribution is 2.38. The van der Waals surface area contributed by atoms with Crippen LogP contribution in [0.4, 0.5) is 10.1 Å². The summed E-state index contributed by atoms with van der Waals surface area (Å²) in [6, 6.07) is 2.03. The molecule has 1 aliphatic carbocycles. The lowest BCUT2D eigenvalue weighted by Gasteiger charge is -2.07. The van der Waals surface area contributed by atoms with E-state index in [1.807, 2.05) is 0 Å². The number of hydrogen-bond acceptors (Lipinski definition) is 3. The molecule has 0 unspecified atom stereocenters. The van der Waals surface area contributed by atoms with Crippen LogP contribution in [0.5, 0.6) is 5.75 Å². The fraction of sp³-hybridized carbons (Fsp3) is 0.400. The predicted molar refractivity (Wildman–Crippen MR) is 59.0 cm³/mol. The lowest BCUT2D eigenvalue weighted by atomic mass is 10.3. The fourth-order valence-electron chi connectivity index (χ4n) is 1.31. The van der Waals surface area contributed by atoms with Gasteiger partial charge in [-0.05, 0) is 40.8 Å². The molecule has 1 aromatic rings. The van der Waals surface area contributed by atoms with Crippen LogP contribution >= 0.6 is 15.9 Å². The maximum absolute atomic E-state index is 13.0. The molecule has 0 bridgehead atoms. The fourth-order valence-corrected chi connectivity index (χ4v) is 1.85. The van der Waals surface area contributed by atoms with E-state index in [-0.39, 0.29) is 15.9 Å². The average molecular weight is 290 g/mol. The second-order valence-electron chi connectivity index (χ2n) is 3.75. The molecule has 0 saturated heterocycles. The van der Waals surface area contributed by atoms with Gasteiger partial charge in [0.1, 0.15) is 5.82 Å². The lowest BCUT2D eigenvalue weighted by molar-refractivity contribution is -0.386. The molecule has 16 heavy (non-hydrogen) atoms. The minimum Gasteiger partial charge on any atom is -0.486 e. The Morgan fingerprint density at radius 1 is 1.56 bits per heavy atom. The number of nitro groups is 1. The Morgan fingerprint density at radius 3 is 2.81 bits per heavy atom. The van der Waals surface area contributed by atoms with Gasteiger partial charge in [0.25, 0.3) is 0 Å². The van der Waals surface area contributed by atoms with Gasteiger partial charge < -0.3 is 4.74 Å². The summed E-state index contributed by atoms with van der Waals surface area (Å²) >= 11 is 3.07. The Kier molecular flexibility index (Phi) is 3.09. The lowest BCUT2D eigenvalue weighted by Crippen LogP contribution is -2.03. The molecule has 0 radical (unpaired) electrons. The standard InChI is InChI=1S/C10H9BrFNO3/c11-8-3-7(12)4-9(13(14)15)10(8)16-5-6-1-2-6/h3-4,6H,1-2,5H2. The number of nitro benzene ring substituents is 1. The van der Waals surface area contributed by atoms with Crippen molar-refractivity contribution in [2.24, 2.45) is 5.92 Å². The van der Waals surface area contributed by atoms with E-state index in [1.165, 1.54) is 0 Å². The Balaban J connectivity index is 2.27. The Hall–Kier alpha value is -1.17. The maximum atomic E-state index is 13.0. The third kappa shape index (κ3) is 2.49. The van der Waals surface area contributed by atoms with Crippen molar-refractivity contribution in [3.8, 4) is 5.75 Å². The van der Waals surface area contributed by atoms with Crippen LogP contribution in [0.2, 0.25) is 0 Å². The average Bonchev–Trinajstić information content (AvgIpc) is 2.98. The number of hydrogen-bond donors (Lipinski definition) is 0. The van der Waals surface area contributed by atoms with Gasteiger partial charge in [0.05, 0.1) is 22.1 Å². The SMILES string of the molecule is O=[N+]([O-])c1cc(F)cc(Br)c1OCC1CC1. The molecule has 2 rings (SSSR count). The Labute approximate surface area is 99.7 Å². The van der Waals surface area contributed by atoms with Crippen molar-refractivity contribution in [1.29, 1.82) is 0 Å². The molecule has 6 heteroatoms. The van der Waals surface area contributed by atoms with Gasteiger partial charge in [-0.2, -0.15) is 0 Å². The van der Waals surface area contributed by atoms with Crippen LogP contribution in [0.15, 0.2) is 16.6 Å². The molecule has 1 saturated carbocycles. The zero-order valence-corrected chi connectivity index (χ0v) is 9.87. The first-order chi connectivity index (χ1) is 7.58. The van der Waals surface area contributed by atoms with Crippen molar-refractivity contribution < 1.29 is 14.1 Å². The van der Waals surface area contributed by atoms with Gasteiger partial charge in [-0.25, -0.2) is 4.39 Å². The molecule has 86 valence electrons. The van der Waals surface area contributed by atoms with Crippen molar-refractivity contribution in [2.45, 2.75) is 12.8 Å². The Bertz CT molecular complexity index is 434. The summed E-state index contributed by atoms with van der Waals surface area (Å²) < 4.78 is 18.6. The van der Waals surface area contributed by atoms with Gasteiger partial charge in [0.2, 0.25) is 5.75 Å². The molecule has 0 heterocycles. The second-order valence-corrected chi connectivity index (χ2v) is 4.60. The molecule has 1 aromatic carbocycles. The summed E-state index contributed by atoms with van der Waals surface area (Å²) in [7, 11) is 0. The van der Waals surface area contributed by atoms with Gasteiger partial charge >= 0.3 is 5.69 Å². The predicted octanol–water partition coefficient (Wildman–Crippen LogP) is 3.29. The summed E-state index contributed by atoms with van der Waals surface area (Å²) in [5.41, 5.74) is -0.340. The van der Waals surface area contributed by atoms with Crippen molar-refractivity contribution in [3.05, 3.63) is 32.5 Å². The van der Waals surface area contributed by atoms with E-state index in [0.717, 1.165) is 25.0 Å². The molecular formula is C10H9BrFNO3. The van der Waals surface area contributed by atoms with Crippen LogP contribution < -0.4 is 4.74 Å². The number of nitrogens with zero attached hydrogens (tertiary/aromatic N) is 1. The van der Waals surface area contributed by atoms with E-state index in [4.69, 9.17) is 4.74 Å². The summed E-state index contributed by atoms with van der Waals surface area (Å²) in [5.74, 6) is -0.0628. The molecule has 1 fully saturated rings. The van der Waals surface area contributed by atoms with Crippen LogP contribution in [0.3, 0.4) is 0 Å². The monoisotopic (exact) mass is 289 g/mol. The number of halogens is 2. The summed E-state index contributed by atoms with van der Waals surface area (Å²) in [6.45, 7) is 0.449. The zero-order chi connectivity index (χ0) is 11.7. The van der Waals surface area contributed by atoms with E-state index in [0.29, 0.717) is 12.5 Å². The number of benzene rings is 1. The van der Waals surface area contributed by atoms with Crippen LogP contribution in [-0.2, 0) is 0 Å². The summed E-state index contributed by atoms with van der Waals surface area (Å²) in [6.07, 6.45) is 2.18. The highest BCUT2D eigenvalue weighted by atomic mass is 79.9. The van der Waals surface area contributed by atoms with E-state index < -0.39 is 10.7 Å². The van der Waals surface area contributed by atoms with Crippen molar-refractivity contribution in [3.63, 3.8) is 0 Å². The van der Waals surface area contributed by atoms with Crippen LogP contribution in [-0.4, -0.2) is 11.5 Å². The smallest absolute Gasteiger partial charge is 0.315 e. The van der Waals surface area contributed by atoms with Crippen LogP contribution in [0, 0.1) is 21.8 Å². The van der Waals surface area contributed by atoms with E-state index in [1.54, 1.807) is 0 Å². The topological polar surface area (TPSA) is 52.4 Å². The molecule has 4 nitrogen and oxygen atoms in total. The normalized spacial score (nSPS) is 14.9. The zero-order valence-electron chi connectivity index (χ0n) is 8.28. The molecule has 0 atom stereocenters. The summed E-state index contributed by atoms with van der Waals surface area (Å²) in [4.78, 5) is 10.1. The van der Waals surface area contributed by atoms with Crippen molar-refractivity contribution >= 4 is 21.6 Å². The van der Waals surface area contributed by atoms with Crippen LogP contribution in [0.25, 0.3) is 0 Å². The molecule has 1 aliphatic rings. The van der Waals surface area contributed by atoms with E-state index in [2.05, 4.69) is 15.9 Å². The second kappa shape index (κ2) is 4.37. The van der Waals surface area contributed by atoms with E-state index in [9.17, 15) is 14.5 Å². The first-order valence-electron chi connectivity index (χ1n) is 4.84. The minimum atomic E-state index is -0.655. The summed E-state index contributed by atoms with van der Waals surface area (Å²) in [5, 5.41) is 10.7. The number of rotatable bonds is 4. The first kappa shape index (κ1) is 11.3. The molecule has 0 aromatic heterocycles. The third-order valence-corrected chi connectivity index (χ3v) is 2.93. The van der Waals surface area contributed by atoms with Crippen molar-refractivity contribution in [1.82, 2.24) is 0 Å². The number of ether oxygens (including phenoxy) is 1. The van der Waals surface area contributed by atoms with Gasteiger partial charge in [-0.3, -0.25) is 10.1 Å². The van der Waals surface area contributed by atoms with Crippen molar-refractivity contribution in [2.75, 3.05) is 6.61 Å². The molecular weight excluding hydrogens is 281 g/mol. The van der Waals surface area contributed by atoms with Gasteiger partial charge in [-0.1, -0.05) is 0 Å². The van der Waals surface area contributed by atoms with Gasteiger partial charge in [0.15, 0.2) is 0 Å². The highest BCUT2D eigenvalue weighted by Gasteiger charge is 2.26. The third-order valence-electron chi connectivity index (χ3n) is 2.35. The highest BCUT2D eigenvalue weighted by molar-refractivity contribution is 9.10. The quantitative estimate of drug-likeness (QED) is 0.631. The molecule has 0 spiro atoms. The largest absolute Gasteiger partial charge is 0.486 e. The molecule has 0 aliphatic heterocycles. The Morgan fingerprint density at radius 2 is 2.25 bits per heavy atom. The van der Waals surface area contributed by atoms with Gasteiger partial charge in [0, 0.05) is 0 Å². The minimum absolute atomic E-state index is 0.110. The maximum Gasteiger partial charge on any atom is 0.315 e. The van der Waals surface area contributed by atoms with Gasteiger partial charge in [-0.15, -0.1) is 0 Å².